The molecule has 2 rings (SSSR count). The van der Waals surface area contributed by atoms with Crippen molar-refractivity contribution >= 4 is 5.91 Å². The van der Waals surface area contributed by atoms with E-state index in [9.17, 15) is 4.79 Å². The molecule has 0 aliphatic carbocycles. The van der Waals surface area contributed by atoms with Gasteiger partial charge in [0.2, 0.25) is 5.91 Å². The molecule has 1 fully saturated rings. The maximum atomic E-state index is 12.2. The second kappa shape index (κ2) is 7.36. The molecule has 1 saturated heterocycles. The van der Waals surface area contributed by atoms with Crippen molar-refractivity contribution in [3.8, 4) is 0 Å². The van der Waals surface area contributed by atoms with E-state index < -0.39 is 6.04 Å². The van der Waals surface area contributed by atoms with Crippen LogP contribution in [0.1, 0.15) is 25.3 Å². The van der Waals surface area contributed by atoms with Gasteiger partial charge in [0, 0.05) is 31.6 Å². The van der Waals surface area contributed by atoms with Gasteiger partial charge in [-0.3, -0.25) is 9.78 Å². The van der Waals surface area contributed by atoms with Gasteiger partial charge >= 0.3 is 0 Å². The summed E-state index contributed by atoms with van der Waals surface area (Å²) in [5.41, 5.74) is 7.22. The van der Waals surface area contributed by atoms with E-state index in [-0.39, 0.29) is 17.9 Å². The molecule has 0 saturated carbocycles. The summed E-state index contributed by atoms with van der Waals surface area (Å²) in [6, 6.07) is 3.55. The van der Waals surface area contributed by atoms with Crippen molar-refractivity contribution in [3.05, 3.63) is 30.1 Å². The van der Waals surface area contributed by atoms with Crippen LogP contribution in [-0.2, 0) is 16.0 Å². The molecule has 20 heavy (non-hydrogen) atoms. The number of nitrogens with one attached hydrogen (secondary N) is 1. The summed E-state index contributed by atoms with van der Waals surface area (Å²) in [7, 11) is 0. The number of rotatable bonds is 5. The number of nitrogens with two attached hydrogens (primary N) is 1. The Morgan fingerprint density at radius 3 is 2.75 bits per heavy atom. The Labute approximate surface area is 119 Å². The summed E-state index contributed by atoms with van der Waals surface area (Å²) in [6.45, 7) is 3.41. The van der Waals surface area contributed by atoms with Gasteiger partial charge in [-0.25, -0.2) is 0 Å². The maximum absolute atomic E-state index is 12.2. The molecule has 2 heterocycles. The van der Waals surface area contributed by atoms with Gasteiger partial charge in [0.1, 0.15) is 0 Å². The molecule has 1 aromatic rings. The molecule has 3 N–H and O–H groups in total. The predicted molar refractivity (Wildman–Crippen MR) is 77.1 cm³/mol. The van der Waals surface area contributed by atoms with Crippen LogP contribution in [0.2, 0.25) is 0 Å². The fourth-order valence-electron chi connectivity index (χ4n) is 2.55. The first-order valence-corrected chi connectivity index (χ1v) is 7.19. The smallest absolute Gasteiger partial charge is 0.237 e. The summed E-state index contributed by atoms with van der Waals surface area (Å²) in [6.07, 6.45) is 6.05. The number of carbonyl (C=O) groups is 1. The zero-order valence-corrected chi connectivity index (χ0v) is 11.9. The van der Waals surface area contributed by atoms with Crippen molar-refractivity contribution in [2.75, 3.05) is 13.2 Å². The lowest BCUT2D eigenvalue weighted by Gasteiger charge is -2.27. The highest BCUT2D eigenvalue weighted by Gasteiger charge is 2.27. The molecule has 2 unspecified atom stereocenters. The van der Waals surface area contributed by atoms with E-state index >= 15 is 0 Å². The van der Waals surface area contributed by atoms with Crippen LogP contribution in [0.15, 0.2) is 24.5 Å². The zero-order valence-electron chi connectivity index (χ0n) is 11.9. The first-order valence-electron chi connectivity index (χ1n) is 7.19. The number of hydrogen-bond donors (Lipinski definition) is 2. The first kappa shape index (κ1) is 14.9. The Balaban J connectivity index is 1.80. The van der Waals surface area contributed by atoms with Gasteiger partial charge in [-0.1, -0.05) is 0 Å². The van der Waals surface area contributed by atoms with Crippen LogP contribution in [0, 0.1) is 5.92 Å². The Kier molecular flexibility index (Phi) is 5.49. The van der Waals surface area contributed by atoms with E-state index in [0.717, 1.165) is 24.8 Å². The van der Waals surface area contributed by atoms with Gasteiger partial charge in [0.15, 0.2) is 0 Å². The molecule has 1 aliphatic rings. The van der Waals surface area contributed by atoms with Gasteiger partial charge in [0.25, 0.3) is 0 Å². The molecule has 0 spiro atoms. The van der Waals surface area contributed by atoms with E-state index in [4.69, 9.17) is 10.5 Å². The summed E-state index contributed by atoms with van der Waals surface area (Å²) in [5.74, 6) is 0.176. The Morgan fingerprint density at radius 2 is 2.10 bits per heavy atom. The van der Waals surface area contributed by atoms with Gasteiger partial charge in [-0.05, 0) is 49.8 Å². The highest BCUT2D eigenvalue weighted by molar-refractivity contribution is 5.82. The van der Waals surface area contributed by atoms with Crippen LogP contribution in [0.5, 0.6) is 0 Å². The summed E-state index contributed by atoms with van der Waals surface area (Å²) < 4.78 is 5.30. The van der Waals surface area contributed by atoms with Gasteiger partial charge in [-0.2, -0.15) is 0 Å². The quantitative estimate of drug-likeness (QED) is 0.837. The topological polar surface area (TPSA) is 77.2 Å². The maximum Gasteiger partial charge on any atom is 0.237 e. The third kappa shape index (κ3) is 4.28. The van der Waals surface area contributed by atoms with E-state index in [1.54, 1.807) is 12.4 Å². The lowest BCUT2D eigenvalue weighted by molar-refractivity contribution is -0.124. The molecular formula is C15H23N3O2. The van der Waals surface area contributed by atoms with E-state index in [1.807, 2.05) is 19.1 Å². The molecule has 0 radical (unpaired) electrons. The highest BCUT2D eigenvalue weighted by atomic mass is 16.5. The number of carbonyl (C=O) groups excluding carboxylic acids is 1. The second-order valence-corrected chi connectivity index (χ2v) is 5.44. The number of nitrogens with zero attached hydrogens (tertiary/aromatic N) is 1. The molecule has 1 aliphatic heterocycles. The zero-order chi connectivity index (χ0) is 14.4. The number of pyridine rings is 1. The monoisotopic (exact) mass is 277 g/mol. The van der Waals surface area contributed by atoms with Crippen molar-refractivity contribution in [1.82, 2.24) is 10.3 Å². The average Bonchev–Trinajstić information content (AvgIpc) is 2.48. The molecule has 0 bridgehead atoms. The molecule has 0 aromatic carbocycles. The lowest BCUT2D eigenvalue weighted by Crippen LogP contribution is -2.49. The molecule has 5 heteroatoms. The molecule has 5 nitrogen and oxygen atoms in total. The number of aromatic nitrogens is 1. The summed E-state index contributed by atoms with van der Waals surface area (Å²) in [5, 5.41) is 3.00. The SMILES string of the molecule is CC(Cc1ccncc1)NC(=O)C(N)C1CCOCC1. The lowest BCUT2D eigenvalue weighted by atomic mass is 9.91. The summed E-state index contributed by atoms with van der Waals surface area (Å²) in [4.78, 5) is 16.1. The molecule has 1 amide bonds. The fraction of sp³-hybridized carbons (Fsp3) is 0.600. The molecular weight excluding hydrogens is 254 g/mol. The van der Waals surface area contributed by atoms with Crippen LogP contribution < -0.4 is 11.1 Å². The van der Waals surface area contributed by atoms with Crippen molar-refractivity contribution in [2.45, 2.75) is 38.3 Å². The second-order valence-electron chi connectivity index (χ2n) is 5.44. The van der Waals surface area contributed by atoms with Crippen molar-refractivity contribution in [3.63, 3.8) is 0 Å². The van der Waals surface area contributed by atoms with Crippen LogP contribution in [0.25, 0.3) is 0 Å². The number of ether oxygens (including phenoxy) is 1. The minimum absolute atomic E-state index is 0.0570. The number of hydrogen-bond acceptors (Lipinski definition) is 4. The van der Waals surface area contributed by atoms with E-state index in [1.165, 1.54) is 0 Å². The van der Waals surface area contributed by atoms with Crippen molar-refractivity contribution in [2.24, 2.45) is 11.7 Å². The Hall–Kier alpha value is -1.46. The van der Waals surface area contributed by atoms with Gasteiger partial charge in [-0.15, -0.1) is 0 Å². The Morgan fingerprint density at radius 1 is 1.45 bits per heavy atom. The van der Waals surface area contributed by atoms with Crippen molar-refractivity contribution < 1.29 is 9.53 Å². The molecule has 2 atom stereocenters. The number of amides is 1. The highest BCUT2D eigenvalue weighted by Crippen LogP contribution is 2.17. The Bertz CT molecular complexity index is 418. The molecule has 110 valence electrons. The third-order valence-corrected chi connectivity index (χ3v) is 3.76. The van der Waals surface area contributed by atoms with Crippen molar-refractivity contribution in [1.29, 1.82) is 0 Å². The fourth-order valence-corrected chi connectivity index (χ4v) is 2.55. The normalized spacial score (nSPS) is 19.3. The van der Waals surface area contributed by atoms with Gasteiger partial charge < -0.3 is 15.8 Å². The average molecular weight is 277 g/mol. The van der Waals surface area contributed by atoms with Crippen LogP contribution >= 0.6 is 0 Å². The first-order chi connectivity index (χ1) is 9.66. The minimum Gasteiger partial charge on any atom is -0.381 e. The summed E-state index contributed by atoms with van der Waals surface area (Å²) >= 11 is 0. The standard InChI is InChI=1S/C15H23N3O2/c1-11(10-12-2-6-17-7-3-12)18-15(19)14(16)13-4-8-20-9-5-13/h2-3,6-7,11,13-14H,4-5,8-10,16H2,1H3,(H,18,19). The largest absolute Gasteiger partial charge is 0.381 e. The van der Waals surface area contributed by atoms with E-state index in [2.05, 4.69) is 10.3 Å². The van der Waals surface area contributed by atoms with Gasteiger partial charge in [0.05, 0.1) is 6.04 Å². The van der Waals surface area contributed by atoms with Crippen LogP contribution in [0.3, 0.4) is 0 Å². The predicted octanol–water partition coefficient (Wildman–Crippen LogP) is 0.883. The van der Waals surface area contributed by atoms with E-state index in [0.29, 0.717) is 13.2 Å². The van der Waals surface area contributed by atoms with Crippen LogP contribution in [0.4, 0.5) is 0 Å². The third-order valence-electron chi connectivity index (χ3n) is 3.76. The minimum atomic E-state index is -0.432. The molecule has 1 aromatic heterocycles. The van der Waals surface area contributed by atoms with Crippen LogP contribution in [-0.4, -0.2) is 36.2 Å².